The molecule has 0 N–H and O–H groups in total. The van der Waals surface area contributed by atoms with E-state index in [0.717, 1.165) is 0 Å². The highest BCUT2D eigenvalue weighted by Gasteiger charge is 1.82. The number of halogens is 1. The van der Waals surface area contributed by atoms with E-state index >= 15 is 0 Å². The molecule has 0 aliphatic heterocycles. The van der Waals surface area contributed by atoms with Crippen LogP contribution in [-0.2, 0) is 0 Å². The van der Waals surface area contributed by atoms with Crippen LogP contribution in [0.1, 0.15) is 20.8 Å². The number of rotatable bonds is 1. The van der Waals surface area contributed by atoms with E-state index in [1.165, 1.54) is 10.1 Å². The molecular formula is C7H11Br. The van der Waals surface area contributed by atoms with E-state index in [1.807, 2.05) is 19.9 Å². The second-order valence-corrected chi connectivity index (χ2v) is 2.91. The first-order valence-electron chi connectivity index (χ1n) is 2.64. The van der Waals surface area contributed by atoms with Crippen LogP contribution in [0.5, 0.6) is 0 Å². The van der Waals surface area contributed by atoms with Crippen molar-refractivity contribution in [3.05, 3.63) is 22.2 Å². The van der Waals surface area contributed by atoms with Crippen molar-refractivity contribution in [2.24, 2.45) is 0 Å². The molecule has 1 heteroatoms. The zero-order chi connectivity index (χ0) is 6.57. The van der Waals surface area contributed by atoms with Crippen LogP contribution in [0.3, 0.4) is 0 Å². The maximum Gasteiger partial charge on any atom is -0.00513 e. The molecule has 0 aliphatic carbocycles. The predicted molar refractivity (Wildman–Crippen MR) is 42.1 cm³/mol. The number of hydrogen-bond acceptors (Lipinski definition) is 0. The van der Waals surface area contributed by atoms with Crippen LogP contribution in [0.4, 0.5) is 0 Å². The van der Waals surface area contributed by atoms with E-state index in [9.17, 15) is 0 Å². The molecule has 0 fully saturated rings. The Morgan fingerprint density at radius 3 is 2.00 bits per heavy atom. The van der Waals surface area contributed by atoms with Crippen molar-refractivity contribution in [3.63, 3.8) is 0 Å². The van der Waals surface area contributed by atoms with E-state index in [4.69, 9.17) is 0 Å². The van der Waals surface area contributed by atoms with Crippen molar-refractivity contribution >= 4 is 15.9 Å². The number of allylic oxidation sites excluding steroid dienone is 4. The molecule has 0 aliphatic rings. The summed E-state index contributed by atoms with van der Waals surface area (Å²) in [5, 5.41) is 0. The quantitative estimate of drug-likeness (QED) is 0.536. The molecule has 0 bridgehead atoms. The first-order chi connectivity index (χ1) is 3.68. The maximum atomic E-state index is 3.37. The minimum Gasteiger partial charge on any atom is -0.0874 e. The van der Waals surface area contributed by atoms with Crippen molar-refractivity contribution in [3.8, 4) is 0 Å². The standard InChI is InChI=1S/C7H11Br/c1-4-5-6(2)7(3)8/h4-5H,1-3H3/b5-4-,7-6-. The average Bonchev–Trinajstić information content (AvgIpc) is 1.67. The molecule has 0 heterocycles. The zero-order valence-corrected chi connectivity index (χ0v) is 7.12. The third kappa shape index (κ3) is 3.03. The lowest BCUT2D eigenvalue weighted by Crippen LogP contribution is -1.67. The van der Waals surface area contributed by atoms with Gasteiger partial charge in [0.15, 0.2) is 0 Å². The minimum atomic E-state index is 1.20. The molecule has 0 rings (SSSR count). The van der Waals surface area contributed by atoms with Gasteiger partial charge in [-0.1, -0.05) is 28.1 Å². The van der Waals surface area contributed by atoms with Crippen LogP contribution in [0, 0.1) is 0 Å². The van der Waals surface area contributed by atoms with Gasteiger partial charge in [0.05, 0.1) is 0 Å². The van der Waals surface area contributed by atoms with Gasteiger partial charge in [-0.05, 0) is 30.8 Å². The zero-order valence-electron chi connectivity index (χ0n) is 5.53. The Morgan fingerprint density at radius 1 is 1.38 bits per heavy atom. The van der Waals surface area contributed by atoms with E-state index in [0.29, 0.717) is 0 Å². The minimum absolute atomic E-state index is 1.20. The predicted octanol–water partition coefficient (Wildman–Crippen LogP) is 3.25. The van der Waals surface area contributed by atoms with Crippen LogP contribution < -0.4 is 0 Å². The molecule has 0 aromatic rings. The van der Waals surface area contributed by atoms with E-state index in [1.54, 1.807) is 0 Å². The normalized spacial score (nSPS) is 14.5. The van der Waals surface area contributed by atoms with E-state index in [-0.39, 0.29) is 0 Å². The van der Waals surface area contributed by atoms with Gasteiger partial charge in [-0.3, -0.25) is 0 Å². The van der Waals surface area contributed by atoms with Crippen LogP contribution in [-0.4, -0.2) is 0 Å². The molecule has 0 aromatic carbocycles. The summed E-state index contributed by atoms with van der Waals surface area (Å²) in [6.45, 7) is 6.12. The first-order valence-corrected chi connectivity index (χ1v) is 3.43. The Morgan fingerprint density at radius 2 is 1.88 bits per heavy atom. The lowest BCUT2D eigenvalue weighted by Gasteiger charge is -1.89. The summed E-state index contributed by atoms with van der Waals surface area (Å²) in [4.78, 5) is 0. The topological polar surface area (TPSA) is 0 Å². The maximum absolute atomic E-state index is 3.37. The summed E-state index contributed by atoms with van der Waals surface area (Å²) in [7, 11) is 0. The first kappa shape index (κ1) is 7.96. The van der Waals surface area contributed by atoms with Gasteiger partial charge in [0, 0.05) is 0 Å². The summed E-state index contributed by atoms with van der Waals surface area (Å²) in [5.41, 5.74) is 1.28. The Labute approximate surface area is 59.4 Å². The average molecular weight is 175 g/mol. The van der Waals surface area contributed by atoms with Gasteiger partial charge >= 0.3 is 0 Å². The van der Waals surface area contributed by atoms with Crippen LogP contribution >= 0.6 is 15.9 Å². The SMILES string of the molecule is C/C=C\C(C)=C(\C)Br. The smallest absolute Gasteiger partial charge is 0.00513 e. The Bertz CT molecular complexity index is 116. The number of hydrogen-bond donors (Lipinski definition) is 0. The second-order valence-electron chi connectivity index (χ2n) is 1.72. The molecule has 0 atom stereocenters. The van der Waals surface area contributed by atoms with Gasteiger partial charge in [0.1, 0.15) is 0 Å². The molecule has 0 spiro atoms. The van der Waals surface area contributed by atoms with Gasteiger partial charge in [-0.2, -0.15) is 0 Å². The molecule has 0 nitrogen and oxygen atoms in total. The van der Waals surface area contributed by atoms with E-state index < -0.39 is 0 Å². The van der Waals surface area contributed by atoms with Gasteiger partial charge < -0.3 is 0 Å². The molecule has 0 aromatic heterocycles. The Hall–Kier alpha value is -0.0400. The van der Waals surface area contributed by atoms with Crippen molar-refractivity contribution < 1.29 is 0 Å². The fourth-order valence-electron chi connectivity index (χ4n) is 0.365. The summed E-state index contributed by atoms with van der Waals surface area (Å²) in [6, 6.07) is 0. The summed E-state index contributed by atoms with van der Waals surface area (Å²) >= 11 is 3.37. The molecule has 0 unspecified atom stereocenters. The monoisotopic (exact) mass is 174 g/mol. The third-order valence-corrected chi connectivity index (χ3v) is 1.59. The fraction of sp³-hybridized carbons (Fsp3) is 0.429. The van der Waals surface area contributed by atoms with E-state index in [2.05, 4.69) is 28.9 Å². The molecule has 0 saturated carbocycles. The van der Waals surface area contributed by atoms with Gasteiger partial charge in [0.25, 0.3) is 0 Å². The van der Waals surface area contributed by atoms with Crippen LogP contribution in [0.25, 0.3) is 0 Å². The Balaban J connectivity index is 4.00. The highest BCUT2D eigenvalue weighted by Crippen LogP contribution is 2.10. The summed E-state index contributed by atoms with van der Waals surface area (Å²) < 4.78 is 1.20. The Kier molecular flexibility index (Phi) is 3.88. The molecule has 0 radical (unpaired) electrons. The largest absolute Gasteiger partial charge is 0.0874 e. The van der Waals surface area contributed by atoms with Crippen LogP contribution in [0.2, 0.25) is 0 Å². The molecule has 46 valence electrons. The van der Waals surface area contributed by atoms with Gasteiger partial charge in [-0.15, -0.1) is 0 Å². The van der Waals surface area contributed by atoms with Crippen LogP contribution in [0.15, 0.2) is 22.2 Å². The third-order valence-electron chi connectivity index (χ3n) is 0.960. The van der Waals surface area contributed by atoms with Gasteiger partial charge in [0.2, 0.25) is 0 Å². The highest BCUT2D eigenvalue weighted by molar-refractivity contribution is 9.11. The second kappa shape index (κ2) is 3.90. The van der Waals surface area contributed by atoms with Gasteiger partial charge in [-0.25, -0.2) is 0 Å². The molecule has 0 saturated heterocycles. The van der Waals surface area contributed by atoms with Crippen molar-refractivity contribution in [2.75, 3.05) is 0 Å². The molecule has 0 amide bonds. The highest BCUT2D eigenvalue weighted by atomic mass is 79.9. The molecule has 8 heavy (non-hydrogen) atoms. The van der Waals surface area contributed by atoms with Crippen molar-refractivity contribution in [1.82, 2.24) is 0 Å². The molecular weight excluding hydrogens is 164 g/mol. The fourth-order valence-corrected chi connectivity index (χ4v) is 0.497. The lowest BCUT2D eigenvalue weighted by atomic mass is 10.3. The summed E-state index contributed by atoms with van der Waals surface area (Å²) in [6.07, 6.45) is 4.10. The summed E-state index contributed by atoms with van der Waals surface area (Å²) in [5.74, 6) is 0. The van der Waals surface area contributed by atoms with Crippen molar-refractivity contribution in [2.45, 2.75) is 20.8 Å². The lowest BCUT2D eigenvalue weighted by molar-refractivity contribution is 1.45. The van der Waals surface area contributed by atoms with Crippen molar-refractivity contribution in [1.29, 1.82) is 0 Å².